The van der Waals surface area contributed by atoms with Gasteiger partial charge in [-0.1, -0.05) is 20.8 Å². The predicted octanol–water partition coefficient (Wildman–Crippen LogP) is 2.60. The third-order valence-electron chi connectivity index (χ3n) is 5.58. The predicted molar refractivity (Wildman–Crippen MR) is 88.5 cm³/mol. The zero-order valence-corrected chi connectivity index (χ0v) is 14.4. The minimum Gasteiger partial charge on any atom is -0.308 e. The minimum atomic E-state index is 0.253. The summed E-state index contributed by atoms with van der Waals surface area (Å²) in [6.45, 7) is 12.7. The maximum Gasteiger partial charge on any atom is 0.0522 e. The van der Waals surface area contributed by atoms with E-state index in [0.717, 1.165) is 26.1 Å². The van der Waals surface area contributed by atoms with Crippen LogP contribution in [0.25, 0.3) is 0 Å². The smallest absolute Gasteiger partial charge is 0.0522 e. The largest absolute Gasteiger partial charge is 0.308 e. The third-order valence-corrected chi connectivity index (χ3v) is 5.58. The van der Waals surface area contributed by atoms with Crippen molar-refractivity contribution in [2.45, 2.75) is 64.5 Å². The summed E-state index contributed by atoms with van der Waals surface area (Å²) in [6.07, 6.45) is 8.84. The van der Waals surface area contributed by atoms with Gasteiger partial charge in [0.15, 0.2) is 0 Å². The lowest BCUT2D eigenvalue weighted by molar-refractivity contribution is 0.00328. The van der Waals surface area contributed by atoms with Gasteiger partial charge in [0, 0.05) is 44.0 Å². The molecule has 2 rings (SSSR count). The minimum absolute atomic E-state index is 0.253. The van der Waals surface area contributed by atoms with E-state index in [1.54, 1.807) is 0 Å². The monoisotopic (exact) mass is 292 g/mol. The molecule has 0 aliphatic carbocycles. The van der Waals surface area contributed by atoms with Gasteiger partial charge in [-0.25, -0.2) is 0 Å². The van der Waals surface area contributed by atoms with Crippen LogP contribution in [-0.2, 0) is 13.5 Å². The van der Waals surface area contributed by atoms with Crippen molar-refractivity contribution in [2.75, 3.05) is 19.6 Å². The molecule has 0 aromatic carbocycles. The first-order valence-electron chi connectivity index (χ1n) is 8.44. The molecule has 2 heterocycles. The van der Waals surface area contributed by atoms with Gasteiger partial charge >= 0.3 is 0 Å². The highest BCUT2D eigenvalue weighted by Crippen LogP contribution is 2.31. The van der Waals surface area contributed by atoms with Crippen molar-refractivity contribution in [1.29, 1.82) is 0 Å². The van der Waals surface area contributed by atoms with Crippen LogP contribution >= 0.6 is 0 Å². The normalized spacial score (nSPS) is 26.1. The number of aromatic nitrogens is 2. The molecule has 1 aliphatic rings. The summed E-state index contributed by atoms with van der Waals surface area (Å²) in [5.41, 5.74) is 1.91. The topological polar surface area (TPSA) is 33.1 Å². The first kappa shape index (κ1) is 16.5. The molecular weight excluding hydrogens is 260 g/mol. The molecule has 4 heteroatoms. The lowest BCUT2D eigenvalue weighted by Gasteiger charge is -2.53. The van der Waals surface area contributed by atoms with Crippen LogP contribution < -0.4 is 5.32 Å². The van der Waals surface area contributed by atoms with Crippen LogP contribution in [0.3, 0.4) is 0 Å². The van der Waals surface area contributed by atoms with Crippen molar-refractivity contribution in [3.63, 3.8) is 0 Å². The van der Waals surface area contributed by atoms with E-state index in [0.29, 0.717) is 5.54 Å². The van der Waals surface area contributed by atoms with Gasteiger partial charge in [0.1, 0.15) is 0 Å². The van der Waals surface area contributed by atoms with E-state index in [4.69, 9.17) is 0 Å². The molecule has 4 nitrogen and oxygen atoms in total. The van der Waals surface area contributed by atoms with Crippen molar-refractivity contribution in [2.24, 2.45) is 7.05 Å². The van der Waals surface area contributed by atoms with Gasteiger partial charge in [0.25, 0.3) is 0 Å². The number of hydrogen-bond acceptors (Lipinski definition) is 3. The number of aryl methyl sites for hydroxylation is 1. The van der Waals surface area contributed by atoms with Gasteiger partial charge in [-0.15, -0.1) is 0 Å². The Morgan fingerprint density at radius 2 is 1.95 bits per heavy atom. The number of nitrogens with zero attached hydrogens (tertiary/aromatic N) is 3. The number of nitrogens with one attached hydrogen (secondary N) is 1. The molecule has 120 valence electrons. The van der Waals surface area contributed by atoms with Crippen molar-refractivity contribution in [1.82, 2.24) is 20.0 Å². The van der Waals surface area contributed by atoms with E-state index >= 15 is 0 Å². The van der Waals surface area contributed by atoms with E-state index in [-0.39, 0.29) is 5.54 Å². The van der Waals surface area contributed by atoms with Gasteiger partial charge in [-0.3, -0.25) is 9.58 Å². The molecule has 1 unspecified atom stereocenters. The fourth-order valence-corrected chi connectivity index (χ4v) is 3.50. The van der Waals surface area contributed by atoms with Crippen LogP contribution in [0.15, 0.2) is 12.4 Å². The van der Waals surface area contributed by atoms with Crippen LogP contribution in [0.1, 0.15) is 52.5 Å². The second kappa shape index (κ2) is 6.49. The molecule has 1 atom stereocenters. The Balaban J connectivity index is 2.09. The zero-order valence-electron chi connectivity index (χ0n) is 14.4. The lowest BCUT2D eigenvalue weighted by Crippen LogP contribution is -2.68. The number of rotatable bonds is 6. The van der Waals surface area contributed by atoms with Crippen molar-refractivity contribution < 1.29 is 0 Å². The standard InChI is InChI=1S/C17H32N4/c1-6-16(4)14-21(17(7-2,8-3)13-18-16)10-9-15-11-19-20(5)12-15/h11-12,18H,6-10,13-14H2,1-5H3. The average Bonchev–Trinajstić information content (AvgIpc) is 2.91. The molecule has 0 bridgehead atoms. The molecule has 0 saturated carbocycles. The van der Waals surface area contributed by atoms with Crippen LogP contribution in [0.5, 0.6) is 0 Å². The highest BCUT2D eigenvalue weighted by atomic mass is 15.3. The number of hydrogen-bond donors (Lipinski definition) is 1. The molecule has 1 aromatic heterocycles. The summed E-state index contributed by atoms with van der Waals surface area (Å²) in [5, 5.41) is 8.10. The third kappa shape index (κ3) is 3.49. The highest BCUT2D eigenvalue weighted by molar-refractivity contribution is 5.07. The average molecular weight is 292 g/mol. The van der Waals surface area contributed by atoms with Gasteiger partial charge < -0.3 is 5.32 Å². The van der Waals surface area contributed by atoms with E-state index in [2.05, 4.69) is 49.2 Å². The fraction of sp³-hybridized carbons (Fsp3) is 0.824. The van der Waals surface area contributed by atoms with E-state index < -0.39 is 0 Å². The molecule has 0 radical (unpaired) electrons. The van der Waals surface area contributed by atoms with Crippen LogP contribution in [-0.4, -0.2) is 45.4 Å². The van der Waals surface area contributed by atoms with Crippen molar-refractivity contribution in [3.05, 3.63) is 18.0 Å². The molecule has 1 aliphatic heterocycles. The summed E-state index contributed by atoms with van der Waals surface area (Å²) in [6, 6.07) is 0. The van der Waals surface area contributed by atoms with E-state index in [1.165, 1.54) is 24.8 Å². The molecular formula is C17H32N4. The fourth-order valence-electron chi connectivity index (χ4n) is 3.50. The molecule has 1 fully saturated rings. The van der Waals surface area contributed by atoms with Gasteiger partial charge in [-0.2, -0.15) is 5.10 Å². The molecule has 0 spiro atoms. The molecule has 0 amide bonds. The first-order chi connectivity index (χ1) is 9.97. The Morgan fingerprint density at radius 3 is 2.48 bits per heavy atom. The zero-order chi connectivity index (χ0) is 15.5. The highest BCUT2D eigenvalue weighted by Gasteiger charge is 2.42. The van der Waals surface area contributed by atoms with E-state index in [9.17, 15) is 0 Å². The second-order valence-electron chi connectivity index (χ2n) is 6.89. The molecule has 21 heavy (non-hydrogen) atoms. The maximum atomic E-state index is 4.29. The van der Waals surface area contributed by atoms with Gasteiger partial charge in [0.2, 0.25) is 0 Å². The Morgan fingerprint density at radius 1 is 1.24 bits per heavy atom. The summed E-state index contributed by atoms with van der Waals surface area (Å²) in [7, 11) is 1.99. The van der Waals surface area contributed by atoms with Crippen LogP contribution in [0, 0.1) is 0 Å². The Kier molecular flexibility index (Phi) is 5.10. The molecule has 1 aromatic rings. The Labute approximate surface area is 129 Å². The summed E-state index contributed by atoms with van der Waals surface area (Å²) < 4.78 is 1.90. The van der Waals surface area contributed by atoms with Crippen molar-refractivity contribution >= 4 is 0 Å². The SMILES string of the molecule is CCC1(C)CN(CCc2cnn(C)c2)C(CC)(CC)CN1. The Bertz CT molecular complexity index is 449. The second-order valence-corrected chi connectivity index (χ2v) is 6.89. The lowest BCUT2D eigenvalue weighted by atomic mass is 9.82. The van der Waals surface area contributed by atoms with Crippen LogP contribution in [0.4, 0.5) is 0 Å². The summed E-state index contributed by atoms with van der Waals surface area (Å²) in [5.74, 6) is 0. The molecule has 1 N–H and O–H groups in total. The first-order valence-corrected chi connectivity index (χ1v) is 8.44. The quantitative estimate of drug-likeness (QED) is 0.875. The maximum absolute atomic E-state index is 4.29. The number of piperazine rings is 1. The Hall–Kier alpha value is -0.870. The van der Waals surface area contributed by atoms with E-state index in [1.807, 2.05) is 17.9 Å². The van der Waals surface area contributed by atoms with Gasteiger partial charge in [-0.05, 0) is 38.2 Å². The summed E-state index contributed by atoms with van der Waals surface area (Å²) in [4.78, 5) is 2.74. The summed E-state index contributed by atoms with van der Waals surface area (Å²) >= 11 is 0. The van der Waals surface area contributed by atoms with Crippen molar-refractivity contribution in [3.8, 4) is 0 Å². The van der Waals surface area contributed by atoms with Crippen LogP contribution in [0.2, 0.25) is 0 Å². The van der Waals surface area contributed by atoms with Gasteiger partial charge in [0.05, 0.1) is 6.20 Å². The molecule has 1 saturated heterocycles.